The molecule has 0 amide bonds. The summed E-state index contributed by atoms with van der Waals surface area (Å²) in [6.45, 7) is 0.0531. The van der Waals surface area contributed by atoms with Crippen LogP contribution >= 0.6 is 0 Å². The second-order valence-electron chi connectivity index (χ2n) is 10.8. The molecule has 15 unspecified atom stereocenters. The van der Waals surface area contributed by atoms with Crippen LogP contribution in [-0.2, 0) is 34.8 Å². The van der Waals surface area contributed by atoms with Crippen LogP contribution < -0.4 is 0 Å². The molecule has 3 aliphatic rings. The molecule has 0 aromatic heterocycles. The predicted molar refractivity (Wildman–Crippen MR) is 137 cm³/mol. The van der Waals surface area contributed by atoms with Gasteiger partial charge in [-0.2, -0.15) is 0 Å². The van der Waals surface area contributed by atoms with Gasteiger partial charge in [-0.3, -0.25) is 0 Å². The van der Waals surface area contributed by atoms with E-state index in [4.69, 9.17) is 28.4 Å². The van der Waals surface area contributed by atoms with Crippen LogP contribution in [0.25, 0.3) is 0 Å². The lowest BCUT2D eigenvalue weighted by Crippen LogP contribution is -2.64. The van der Waals surface area contributed by atoms with Gasteiger partial charge in [-0.1, -0.05) is 6.07 Å². The largest absolute Gasteiger partial charge is 0.504 e. The fraction of sp³-hybridized carbons (Fsp3) is 0.769. The molecule has 0 radical (unpaired) electrons. The second-order valence-corrected chi connectivity index (χ2v) is 10.8. The van der Waals surface area contributed by atoms with Crippen LogP contribution in [0.3, 0.4) is 0 Å². The summed E-state index contributed by atoms with van der Waals surface area (Å²) in [5, 5.41) is 112. The zero-order chi connectivity index (χ0) is 31.6. The molecule has 17 heteroatoms. The van der Waals surface area contributed by atoms with Gasteiger partial charge in [0.25, 0.3) is 0 Å². The number of hydrogen-bond acceptors (Lipinski definition) is 17. The van der Waals surface area contributed by atoms with E-state index in [1.54, 1.807) is 0 Å². The van der Waals surface area contributed by atoms with Gasteiger partial charge in [-0.15, -0.1) is 0 Å². The molecule has 1 aromatic rings. The van der Waals surface area contributed by atoms with Crippen LogP contribution in [0.1, 0.15) is 12.5 Å². The third-order valence-electron chi connectivity index (χ3n) is 7.73. The molecule has 0 aliphatic carbocycles. The minimum Gasteiger partial charge on any atom is -0.504 e. The van der Waals surface area contributed by atoms with Crippen LogP contribution in [0.2, 0.25) is 0 Å². The first-order valence-electron chi connectivity index (χ1n) is 13.7. The summed E-state index contributed by atoms with van der Waals surface area (Å²) in [4.78, 5) is 0. The Labute approximate surface area is 245 Å². The van der Waals surface area contributed by atoms with Gasteiger partial charge in [0.2, 0.25) is 0 Å². The lowest BCUT2D eigenvalue weighted by Gasteiger charge is -2.46. The minimum absolute atomic E-state index is 0.0977. The number of benzene rings is 1. The van der Waals surface area contributed by atoms with E-state index in [-0.39, 0.29) is 24.5 Å². The standard InChI is InChI=1S/C26H40O17/c1-9-15(30)18(33)21(36)26(40-9)43-23-17(32)14(8-39-24-20(35)19(34)16(31)13(7-27)41-24)42-25(22(23)37)38-5-4-10-2-3-11(28)12(29)6-10/h2-3,6,9,13-37H,4-5,7-8H2,1H3. The Morgan fingerprint density at radius 2 is 1.28 bits per heavy atom. The third-order valence-corrected chi connectivity index (χ3v) is 7.73. The highest BCUT2D eigenvalue weighted by molar-refractivity contribution is 5.40. The first-order valence-corrected chi connectivity index (χ1v) is 13.7. The van der Waals surface area contributed by atoms with Crippen LogP contribution in [0.5, 0.6) is 11.5 Å². The molecule has 0 saturated carbocycles. The number of phenolic OH excluding ortho intramolecular Hbond substituents is 2. The van der Waals surface area contributed by atoms with Crippen LogP contribution in [0.15, 0.2) is 18.2 Å². The Morgan fingerprint density at radius 3 is 1.95 bits per heavy atom. The number of hydrogen-bond donors (Lipinski definition) is 11. The third kappa shape index (κ3) is 7.55. The van der Waals surface area contributed by atoms with Gasteiger partial charge in [0.05, 0.1) is 25.9 Å². The van der Waals surface area contributed by atoms with Crippen molar-refractivity contribution in [2.24, 2.45) is 0 Å². The molecule has 15 atom stereocenters. The molecular formula is C26H40O17. The van der Waals surface area contributed by atoms with Crippen molar-refractivity contribution < 1.29 is 84.6 Å². The van der Waals surface area contributed by atoms with Crippen molar-refractivity contribution in [3.8, 4) is 11.5 Å². The van der Waals surface area contributed by atoms with Crippen molar-refractivity contribution >= 4 is 0 Å². The Kier molecular flexibility index (Phi) is 11.5. The molecule has 43 heavy (non-hydrogen) atoms. The molecule has 11 N–H and O–H groups in total. The van der Waals surface area contributed by atoms with Gasteiger partial charge in [-0.25, -0.2) is 0 Å². The topological polar surface area (TPSA) is 278 Å². The maximum absolute atomic E-state index is 11.1. The number of aromatic hydroxyl groups is 2. The van der Waals surface area contributed by atoms with Crippen molar-refractivity contribution in [2.75, 3.05) is 19.8 Å². The average molecular weight is 625 g/mol. The van der Waals surface area contributed by atoms with Gasteiger partial charge in [0.1, 0.15) is 67.1 Å². The van der Waals surface area contributed by atoms with E-state index in [0.29, 0.717) is 5.56 Å². The summed E-state index contributed by atoms with van der Waals surface area (Å²) in [6.07, 6.45) is -23.1. The molecular weight excluding hydrogens is 584 g/mol. The maximum atomic E-state index is 11.1. The molecule has 17 nitrogen and oxygen atoms in total. The van der Waals surface area contributed by atoms with E-state index >= 15 is 0 Å². The molecule has 3 aliphatic heterocycles. The van der Waals surface area contributed by atoms with Crippen molar-refractivity contribution in [3.63, 3.8) is 0 Å². The van der Waals surface area contributed by atoms with Gasteiger partial charge < -0.3 is 84.6 Å². The highest BCUT2D eigenvalue weighted by atomic mass is 16.7. The molecule has 4 rings (SSSR count). The van der Waals surface area contributed by atoms with Crippen LogP contribution in [0, 0.1) is 0 Å². The van der Waals surface area contributed by atoms with Gasteiger partial charge >= 0.3 is 0 Å². The summed E-state index contributed by atoms with van der Waals surface area (Å²) in [6, 6.07) is 4.13. The van der Waals surface area contributed by atoms with Gasteiger partial charge in [0.15, 0.2) is 30.4 Å². The SMILES string of the molecule is CC1OC(OC2C(O)C(COC3OC(CO)C(O)C(O)C3O)OC(OCCc3ccc(O)c(O)c3)C2O)C(O)C(O)C1O. The molecule has 1 aromatic carbocycles. The number of rotatable bonds is 10. The fourth-order valence-corrected chi connectivity index (χ4v) is 5.03. The quantitative estimate of drug-likeness (QED) is 0.109. The van der Waals surface area contributed by atoms with E-state index < -0.39 is 105 Å². The summed E-state index contributed by atoms with van der Waals surface area (Å²) >= 11 is 0. The van der Waals surface area contributed by atoms with E-state index in [9.17, 15) is 56.2 Å². The van der Waals surface area contributed by atoms with Crippen LogP contribution in [-0.4, -0.2) is 168 Å². The van der Waals surface area contributed by atoms with Gasteiger partial charge in [0, 0.05) is 0 Å². The Balaban J connectivity index is 1.47. The molecule has 0 spiro atoms. The molecule has 3 saturated heterocycles. The smallest absolute Gasteiger partial charge is 0.187 e. The first kappa shape index (κ1) is 34.1. The second kappa shape index (κ2) is 14.5. The van der Waals surface area contributed by atoms with Crippen LogP contribution in [0.4, 0.5) is 0 Å². The highest BCUT2D eigenvalue weighted by Crippen LogP contribution is 2.31. The average Bonchev–Trinajstić information content (AvgIpc) is 2.98. The summed E-state index contributed by atoms with van der Waals surface area (Å²) in [5.41, 5.74) is 0.566. The maximum Gasteiger partial charge on any atom is 0.187 e. The van der Waals surface area contributed by atoms with Crippen molar-refractivity contribution in [1.82, 2.24) is 0 Å². The zero-order valence-corrected chi connectivity index (χ0v) is 23.1. The molecule has 3 heterocycles. The normalized spacial score (nSPS) is 43.9. The molecule has 3 fully saturated rings. The van der Waals surface area contributed by atoms with Crippen molar-refractivity contribution in [1.29, 1.82) is 0 Å². The van der Waals surface area contributed by atoms with Crippen molar-refractivity contribution in [3.05, 3.63) is 23.8 Å². The number of aliphatic hydroxyl groups is 9. The first-order chi connectivity index (χ1) is 20.3. The highest BCUT2D eigenvalue weighted by Gasteiger charge is 2.51. The predicted octanol–water partition coefficient (Wildman–Crippen LogP) is -4.87. The summed E-state index contributed by atoms with van der Waals surface area (Å²) in [5.74, 6) is -0.660. The lowest BCUT2D eigenvalue weighted by molar-refractivity contribution is -0.363. The fourth-order valence-electron chi connectivity index (χ4n) is 5.03. The number of aliphatic hydroxyl groups excluding tert-OH is 9. The van der Waals surface area contributed by atoms with Gasteiger partial charge in [-0.05, 0) is 31.0 Å². The monoisotopic (exact) mass is 624 g/mol. The number of phenols is 2. The minimum atomic E-state index is -1.76. The summed E-state index contributed by atoms with van der Waals surface area (Å²) in [7, 11) is 0. The Morgan fingerprint density at radius 1 is 0.651 bits per heavy atom. The zero-order valence-electron chi connectivity index (χ0n) is 23.1. The summed E-state index contributed by atoms with van der Waals surface area (Å²) < 4.78 is 33.3. The number of ether oxygens (including phenoxy) is 6. The van der Waals surface area contributed by atoms with E-state index in [2.05, 4.69) is 0 Å². The van der Waals surface area contributed by atoms with E-state index in [1.807, 2.05) is 0 Å². The Bertz CT molecular complexity index is 1030. The lowest BCUT2D eigenvalue weighted by atomic mass is 9.97. The Hall–Kier alpha value is -1.78. The molecule has 0 bridgehead atoms. The molecule has 246 valence electrons. The van der Waals surface area contributed by atoms with E-state index in [0.717, 1.165) is 0 Å². The van der Waals surface area contributed by atoms with E-state index in [1.165, 1.54) is 25.1 Å². The van der Waals surface area contributed by atoms with Crippen molar-refractivity contribution in [2.45, 2.75) is 105 Å².